The topological polar surface area (TPSA) is 101 Å². The van der Waals surface area contributed by atoms with E-state index in [1.54, 1.807) is 6.07 Å². The summed E-state index contributed by atoms with van der Waals surface area (Å²) >= 11 is 6.40. The van der Waals surface area contributed by atoms with Crippen LogP contribution in [0.1, 0.15) is 91.0 Å². The van der Waals surface area contributed by atoms with Crippen molar-refractivity contribution in [2.75, 3.05) is 67.1 Å². The molecule has 2 atom stereocenters. The van der Waals surface area contributed by atoms with Gasteiger partial charge in [-0.25, -0.2) is 4.85 Å². The molecule has 4 amide bonds. The average molecular weight is 816 g/mol. The van der Waals surface area contributed by atoms with Gasteiger partial charge in [-0.05, 0) is 143 Å². The maximum Gasteiger partial charge on any atom is 0.262 e. The van der Waals surface area contributed by atoms with Crippen molar-refractivity contribution in [1.29, 1.82) is 0 Å². The number of amides is 4. The minimum atomic E-state index is -0.949. The van der Waals surface area contributed by atoms with Crippen molar-refractivity contribution in [2.45, 2.75) is 83.2 Å². The molecule has 0 aliphatic carbocycles. The minimum absolute atomic E-state index is 0.111. The molecule has 6 aliphatic heterocycles. The normalized spacial score (nSPS) is 24.2. The first-order valence-corrected chi connectivity index (χ1v) is 22.0. The molecule has 0 bridgehead atoms. The van der Waals surface area contributed by atoms with E-state index in [4.69, 9.17) is 18.2 Å². The van der Waals surface area contributed by atoms with Crippen LogP contribution in [0.4, 0.5) is 22.7 Å². The van der Waals surface area contributed by atoms with Gasteiger partial charge >= 0.3 is 0 Å². The summed E-state index contributed by atoms with van der Waals surface area (Å²) in [6.45, 7) is 18.1. The lowest BCUT2D eigenvalue weighted by Gasteiger charge is -2.40. The van der Waals surface area contributed by atoms with Crippen LogP contribution in [0, 0.1) is 23.8 Å². The molecule has 0 saturated carbocycles. The van der Waals surface area contributed by atoms with Gasteiger partial charge in [-0.1, -0.05) is 29.8 Å². The highest BCUT2D eigenvalue weighted by Gasteiger charge is 2.46. The van der Waals surface area contributed by atoms with Gasteiger partial charge in [-0.3, -0.25) is 29.4 Å². The van der Waals surface area contributed by atoms with E-state index in [9.17, 15) is 19.2 Å². The predicted octanol–water partition coefficient (Wildman–Crippen LogP) is 7.35. The first-order valence-electron chi connectivity index (χ1n) is 21.7. The maximum atomic E-state index is 13.4. The van der Waals surface area contributed by atoms with Gasteiger partial charge < -0.3 is 19.6 Å². The zero-order valence-electron chi connectivity index (χ0n) is 34.0. The second kappa shape index (κ2) is 16.3. The molecular weight excluding hydrogens is 762 g/mol. The molecule has 5 fully saturated rings. The van der Waals surface area contributed by atoms with Gasteiger partial charge in [0, 0.05) is 73.8 Å². The van der Waals surface area contributed by atoms with Crippen LogP contribution in [0.15, 0.2) is 60.7 Å². The molecule has 5 saturated heterocycles. The van der Waals surface area contributed by atoms with Gasteiger partial charge in [0.25, 0.3) is 11.8 Å². The number of nitrogens with one attached hydrogen (secondary N) is 1. The Morgan fingerprint density at radius 3 is 2.12 bits per heavy atom. The Hall–Kier alpha value is -4.92. The van der Waals surface area contributed by atoms with E-state index < -0.39 is 23.8 Å². The number of benzene rings is 3. The quantitative estimate of drug-likeness (QED) is 0.186. The number of imide groups is 2. The predicted molar refractivity (Wildman–Crippen MR) is 230 cm³/mol. The largest absolute Gasteiger partial charge is 0.371 e. The molecular formula is C47H54ClN7O4. The lowest BCUT2D eigenvalue weighted by atomic mass is 9.76. The van der Waals surface area contributed by atoms with E-state index in [1.807, 2.05) is 24.3 Å². The third kappa shape index (κ3) is 7.94. The van der Waals surface area contributed by atoms with Gasteiger partial charge in [0.1, 0.15) is 6.04 Å². The van der Waals surface area contributed by atoms with E-state index in [0.717, 1.165) is 87.9 Å². The first-order chi connectivity index (χ1) is 28.6. The van der Waals surface area contributed by atoms with Crippen LogP contribution in [0.25, 0.3) is 4.85 Å². The summed E-state index contributed by atoms with van der Waals surface area (Å²) in [7, 11) is 0. The monoisotopic (exact) mass is 815 g/mol. The van der Waals surface area contributed by atoms with Crippen LogP contribution in [0.3, 0.4) is 0 Å². The van der Waals surface area contributed by atoms with Gasteiger partial charge in [0.2, 0.25) is 17.5 Å². The molecule has 0 radical (unpaired) electrons. The van der Waals surface area contributed by atoms with Crippen molar-refractivity contribution >= 4 is 58.0 Å². The minimum Gasteiger partial charge on any atom is -0.371 e. The fourth-order valence-corrected chi connectivity index (χ4v) is 11.2. The second-order valence-corrected chi connectivity index (χ2v) is 18.5. The Bertz CT molecular complexity index is 2160. The molecule has 9 rings (SSSR count). The summed E-state index contributed by atoms with van der Waals surface area (Å²) in [5.41, 5.74) is 6.36. The SMILES string of the molecule is [C-]#[N+]c1ccc(N2CC3(CCN(c4ccc(CC5CCN(CC6CCN(c7ccc8c(c7)C(=O)N(C7CCC(=O)NC7=O)C8=O)CC6)CC5)cc4)CC3)C[C@@H]2C)cc1Cl. The summed E-state index contributed by atoms with van der Waals surface area (Å²) in [6, 6.07) is 20.2. The van der Waals surface area contributed by atoms with Crippen molar-refractivity contribution in [3.63, 3.8) is 0 Å². The molecule has 11 nitrogen and oxygen atoms in total. The van der Waals surface area contributed by atoms with Crippen LogP contribution in [-0.4, -0.2) is 97.9 Å². The second-order valence-electron chi connectivity index (χ2n) is 18.1. The number of halogens is 1. The van der Waals surface area contributed by atoms with Gasteiger partial charge in [-0.15, -0.1) is 0 Å². The number of carbonyl (C=O) groups is 4. The van der Waals surface area contributed by atoms with Gasteiger partial charge in [0.05, 0.1) is 17.7 Å². The van der Waals surface area contributed by atoms with Crippen LogP contribution < -0.4 is 20.0 Å². The molecule has 0 aromatic heterocycles. The van der Waals surface area contributed by atoms with Crippen molar-refractivity contribution < 1.29 is 19.2 Å². The number of fused-ring (bicyclic) bond motifs is 1. The number of piperidine rings is 4. The number of anilines is 3. The van der Waals surface area contributed by atoms with E-state index in [1.165, 1.54) is 43.4 Å². The Labute approximate surface area is 352 Å². The molecule has 1 N–H and O–H groups in total. The zero-order chi connectivity index (χ0) is 40.8. The number of rotatable bonds is 8. The Balaban J connectivity index is 0.702. The Morgan fingerprint density at radius 2 is 1.42 bits per heavy atom. The first kappa shape index (κ1) is 39.5. The van der Waals surface area contributed by atoms with E-state index >= 15 is 0 Å². The van der Waals surface area contributed by atoms with Gasteiger partial charge in [-0.2, -0.15) is 0 Å². The van der Waals surface area contributed by atoms with E-state index in [-0.39, 0.29) is 18.7 Å². The smallest absolute Gasteiger partial charge is 0.262 e. The molecule has 12 heteroatoms. The zero-order valence-corrected chi connectivity index (χ0v) is 34.8. The van der Waals surface area contributed by atoms with Crippen LogP contribution in [0.2, 0.25) is 5.02 Å². The summed E-state index contributed by atoms with van der Waals surface area (Å²) < 4.78 is 0. The van der Waals surface area contributed by atoms with Crippen molar-refractivity contribution in [3.05, 3.63) is 93.8 Å². The average Bonchev–Trinajstić information content (AvgIpc) is 3.70. The number of hydrogen-bond acceptors (Lipinski definition) is 8. The number of likely N-dealkylation sites (tertiary alicyclic amines) is 1. The summed E-state index contributed by atoms with van der Waals surface area (Å²) in [6.07, 6.45) is 9.63. The van der Waals surface area contributed by atoms with Gasteiger partial charge in [0.15, 0.2) is 0 Å². The molecule has 3 aromatic rings. The highest BCUT2D eigenvalue weighted by atomic mass is 35.5. The fourth-order valence-electron chi connectivity index (χ4n) is 11.0. The molecule has 6 heterocycles. The highest BCUT2D eigenvalue weighted by molar-refractivity contribution is 6.33. The molecule has 6 aliphatic rings. The third-order valence-corrected chi connectivity index (χ3v) is 14.7. The molecule has 1 spiro atoms. The summed E-state index contributed by atoms with van der Waals surface area (Å²) in [4.78, 5) is 65.2. The molecule has 308 valence electrons. The Kier molecular flexibility index (Phi) is 10.9. The maximum absolute atomic E-state index is 13.4. The number of nitrogens with zero attached hydrogens (tertiary/aromatic N) is 6. The lowest BCUT2D eigenvalue weighted by Crippen LogP contribution is -2.54. The highest BCUT2D eigenvalue weighted by Crippen LogP contribution is 2.46. The lowest BCUT2D eigenvalue weighted by molar-refractivity contribution is -0.136. The molecule has 59 heavy (non-hydrogen) atoms. The van der Waals surface area contributed by atoms with E-state index in [0.29, 0.717) is 45.1 Å². The van der Waals surface area contributed by atoms with Crippen molar-refractivity contribution in [1.82, 2.24) is 15.1 Å². The third-order valence-electron chi connectivity index (χ3n) is 14.4. The van der Waals surface area contributed by atoms with Crippen molar-refractivity contribution in [3.8, 4) is 0 Å². The summed E-state index contributed by atoms with van der Waals surface area (Å²) in [5, 5.41) is 2.80. The molecule has 3 aromatic carbocycles. The van der Waals surface area contributed by atoms with Crippen LogP contribution in [-0.2, 0) is 16.0 Å². The number of hydrogen-bond donors (Lipinski definition) is 1. The summed E-state index contributed by atoms with van der Waals surface area (Å²) in [5.74, 6) is -0.524. The molecule has 1 unspecified atom stereocenters. The fraction of sp³-hybridized carbons (Fsp3) is 0.511. The number of carbonyl (C=O) groups excluding carboxylic acids is 4. The van der Waals surface area contributed by atoms with E-state index in [2.05, 4.69) is 67.0 Å². The van der Waals surface area contributed by atoms with Crippen LogP contribution in [0.5, 0.6) is 0 Å². The Morgan fingerprint density at radius 1 is 0.763 bits per heavy atom. The standard InChI is InChI=1S/C47H54ClN7O4/c1-31-28-47(30-54(31)37-8-10-41(49-2)40(48)27-37)17-23-53(24-18-47)35-5-3-32(4-6-35)25-33-13-19-51(20-14-33)29-34-15-21-52(22-16-34)36-7-9-38-39(26-36)46(59)55(45(38)58)42-11-12-43(56)50-44(42)57/h3-10,26-27,31,33-34,42H,11-25,28-30H2,1H3,(H,50,56,57)/t31-,42?/m0/s1. The van der Waals surface area contributed by atoms with Crippen LogP contribution >= 0.6 is 11.6 Å². The van der Waals surface area contributed by atoms with Crippen molar-refractivity contribution in [2.24, 2.45) is 17.3 Å².